The molecule has 3 nitrogen and oxygen atoms in total. The molecule has 1 fully saturated rings. The van der Waals surface area contributed by atoms with E-state index in [-0.39, 0.29) is 0 Å². The molecule has 0 N–H and O–H groups in total. The van der Waals surface area contributed by atoms with Gasteiger partial charge in [0.2, 0.25) is 0 Å². The van der Waals surface area contributed by atoms with Crippen molar-refractivity contribution in [3.63, 3.8) is 0 Å². The summed E-state index contributed by atoms with van der Waals surface area (Å²) in [6.45, 7) is 6.72. The second kappa shape index (κ2) is 6.49. The van der Waals surface area contributed by atoms with Crippen molar-refractivity contribution in [1.29, 1.82) is 0 Å². The number of ether oxygens (including phenoxy) is 1. The molecule has 3 heteroatoms. The maximum Gasteiger partial charge on any atom is 0.150 e. The van der Waals surface area contributed by atoms with E-state index < -0.39 is 0 Å². The van der Waals surface area contributed by atoms with Crippen molar-refractivity contribution in [2.45, 2.75) is 38.8 Å². The van der Waals surface area contributed by atoms with Gasteiger partial charge in [0.15, 0.2) is 0 Å². The van der Waals surface area contributed by atoms with Crippen LogP contribution in [0.2, 0.25) is 0 Å². The van der Waals surface area contributed by atoms with Gasteiger partial charge in [0.25, 0.3) is 0 Å². The Morgan fingerprint density at radius 3 is 2.45 bits per heavy atom. The third-order valence-corrected chi connectivity index (χ3v) is 4.48. The molecule has 1 saturated heterocycles. The molecule has 116 valence electrons. The van der Waals surface area contributed by atoms with E-state index in [2.05, 4.69) is 24.8 Å². The van der Waals surface area contributed by atoms with Crippen LogP contribution < -0.4 is 4.74 Å². The Morgan fingerprint density at radius 1 is 1.09 bits per heavy atom. The summed E-state index contributed by atoms with van der Waals surface area (Å²) in [5, 5.41) is 2.19. The standard InChI is InChI=1S/C19H23NO2/c1-14(2)20-9-7-18(8-10-20)22-19-6-5-16-11-15(13-21)3-4-17(16)12-19/h3-6,11-14,18H,7-10H2,1-2H3. The van der Waals surface area contributed by atoms with Gasteiger partial charge in [-0.3, -0.25) is 4.79 Å². The summed E-state index contributed by atoms with van der Waals surface area (Å²) >= 11 is 0. The maximum atomic E-state index is 10.8. The van der Waals surface area contributed by atoms with Gasteiger partial charge in [0, 0.05) is 24.7 Å². The minimum Gasteiger partial charge on any atom is -0.490 e. The fourth-order valence-electron chi connectivity index (χ4n) is 3.09. The van der Waals surface area contributed by atoms with Crippen LogP contribution in [0.4, 0.5) is 0 Å². The highest BCUT2D eigenvalue weighted by molar-refractivity contribution is 5.89. The average molecular weight is 297 g/mol. The molecule has 0 bridgehead atoms. The molecule has 1 aliphatic heterocycles. The lowest BCUT2D eigenvalue weighted by atomic mass is 10.1. The highest BCUT2D eigenvalue weighted by Crippen LogP contribution is 2.25. The molecular formula is C19H23NO2. The molecule has 0 radical (unpaired) electrons. The summed E-state index contributed by atoms with van der Waals surface area (Å²) in [7, 11) is 0. The Bertz CT molecular complexity index is 658. The summed E-state index contributed by atoms with van der Waals surface area (Å²) in [5.74, 6) is 0.925. The first kappa shape index (κ1) is 15.0. The molecule has 0 saturated carbocycles. The predicted octanol–water partition coefficient (Wildman–Crippen LogP) is 3.90. The molecule has 1 aliphatic rings. The summed E-state index contributed by atoms with van der Waals surface area (Å²) in [6.07, 6.45) is 3.36. The van der Waals surface area contributed by atoms with E-state index in [0.29, 0.717) is 17.7 Å². The number of rotatable bonds is 4. The van der Waals surface area contributed by atoms with Crippen LogP contribution in [0.1, 0.15) is 37.0 Å². The van der Waals surface area contributed by atoms with Gasteiger partial charge in [0.1, 0.15) is 18.1 Å². The van der Waals surface area contributed by atoms with Crippen LogP contribution in [0, 0.1) is 0 Å². The van der Waals surface area contributed by atoms with Gasteiger partial charge in [-0.05, 0) is 55.7 Å². The van der Waals surface area contributed by atoms with Crippen LogP contribution in [0.5, 0.6) is 5.75 Å². The van der Waals surface area contributed by atoms with Crippen LogP contribution >= 0.6 is 0 Å². The largest absolute Gasteiger partial charge is 0.490 e. The molecule has 0 aliphatic carbocycles. The monoisotopic (exact) mass is 297 g/mol. The maximum absolute atomic E-state index is 10.8. The fraction of sp³-hybridized carbons (Fsp3) is 0.421. The second-order valence-electron chi connectivity index (χ2n) is 6.33. The number of benzene rings is 2. The average Bonchev–Trinajstić information content (AvgIpc) is 2.55. The SMILES string of the molecule is CC(C)N1CCC(Oc2ccc3cc(C=O)ccc3c2)CC1. The topological polar surface area (TPSA) is 29.5 Å². The van der Waals surface area contributed by atoms with E-state index in [0.717, 1.165) is 48.7 Å². The lowest BCUT2D eigenvalue weighted by Crippen LogP contribution is -2.41. The van der Waals surface area contributed by atoms with Crippen molar-refractivity contribution in [1.82, 2.24) is 4.90 Å². The van der Waals surface area contributed by atoms with Crippen LogP contribution in [-0.4, -0.2) is 36.4 Å². The summed E-state index contributed by atoms with van der Waals surface area (Å²) < 4.78 is 6.15. The van der Waals surface area contributed by atoms with Crippen molar-refractivity contribution < 1.29 is 9.53 Å². The summed E-state index contributed by atoms with van der Waals surface area (Å²) in [4.78, 5) is 13.3. The minimum atomic E-state index is 0.307. The molecule has 0 amide bonds. The molecule has 2 aromatic rings. The number of likely N-dealkylation sites (tertiary alicyclic amines) is 1. The molecule has 1 heterocycles. The van der Waals surface area contributed by atoms with Crippen LogP contribution in [-0.2, 0) is 0 Å². The molecule has 0 atom stereocenters. The number of hydrogen-bond acceptors (Lipinski definition) is 3. The summed E-state index contributed by atoms with van der Waals surface area (Å²) in [5.41, 5.74) is 0.710. The van der Waals surface area contributed by atoms with E-state index in [9.17, 15) is 4.79 Å². The quantitative estimate of drug-likeness (QED) is 0.802. The smallest absolute Gasteiger partial charge is 0.150 e. The number of fused-ring (bicyclic) bond motifs is 1. The van der Waals surface area contributed by atoms with Crippen LogP contribution in [0.25, 0.3) is 10.8 Å². The van der Waals surface area contributed by atoms with Gasteiger partial charge in [-0.2, -0.15) is 0 Å². The molecule has 2 aromatic carbocycles. The lowest BCUT2D eigenvalue weighted by Gasteiger charge is -2.34. The van der Waals surface area contributed by atoms with E-state index in [1.165, 1.54) is 0 Å². The van der Waals surface area contributed by atoms with Gasteiger partial charge in [0.05, 0.1) is 0 Å². The second-order valence-corrected chi connectivity index (χ2v) is 6.33. The highest BCUT2D eigenvalue weighted by atomic mass is 16.5. The van der Waals surface area contributed by atoms with Crippen molar-refractivity contribution in [3.05, 3.63) is 42.0 Å². The minimum absolute atomic E-state index is 0.307. The Hall–Kier alpha value is -1.87. The summed E-state index contributed by atoms with van der Waals surface area (Å²) in [6, 6.07) is 12.5. The van der Waals surface area contributed by atoms with Gasteiger partial charge >= 0.3 is 0 Å². The first-order valence-corrected chi connectivity index (χ1v) is 8.05. The highest BCUT2D eigenvalue weighted by Gasteiger charge is 2.21. The Morgan fingerprint density at radius 2 is 1.77 bits per heavy atom. The molecule has 0 unspecified atom stereocenters. The zero-order valence-electron chi connectivity index (χ0n) is 13.3. The normalized spacial score (nSPS) is 17.0. The molecule has 22 heavy (non-hydrogen) atoms. The molecular weight excluding hydrogens is 274 g/mol. The Balaban J connectivity index is 1.68. The molecule has 3 rings (SSSR count). The van der Waals surface area contributed by atoms with Crippen molar-refractivity contribution in [2.75, 3.05) is 13.1 Å². The van der Waals surface area contributed by atoms with Crippen LogP contribution in [0.15, 0.2) is 36.4 Å². The van der Waals surface area contributed by atoms with Gasteiger partial charge in [-0.25, -0.2) is 0 Å². The van der Waals surface area contributed by atoms with Crippen molar-refractivity contribution in [3.8, 4) is 5.75 Å². The Kier molecular flexibility index (Phi) is 4.44. The van der Waals surface area contributed by atoms with E-state index in [4.69, 9.17) is 4.74 Å². The first-order valence-electron chi connectivity index (χ1n) is 8.05. The number of aldehydes is 1. The predicted molar refractivity (Wildman–Crippen MR) is 89.7 cm³/mol. The van der Waals surface area contributed by atoms with Crippen molar-refractivity contribution in [2.24, 2.45) is 0 Å². The van der Waals surface area contributed by atoms with Crippen LogP contribution in [0.3, 0.4) is 0 Å². The lowest BCUT2D eigenvalue weighted by molar-refractivity contribution is 0.0844. The number of nitrogens with zero attached hydrogens (tertiary/aromatic N) is 1. The zero-order chi connectivity index (χ0) is 15.5. The third-order valence-electron chi connectivity index (χ3n) is 4.48. The zero-order valence-corrected chi connectivity index (χ0v) is 13.3. The fourth-order valence-corrected chi connectivity index (χ4v) is 3.09. The molecule has 0 spiro atoms. The first-order chi connectivity index (χ1) is 10.7. The van der Waals surface area contributed by atoms with Crippen molar-refractivity contribution >= 4 is 17.1 Å². The third kappa shape index (κ3) is 3.30. The van der Waals surface area contributed by atoms with E-state index in [1.807, 2.05) is 30.3 Å². The number of carbonyl (C=O) groups excluding carboxylic acids is 1. The van der Waals surface area contributed by atoms with E-state index in [1.54, 1.807) is 0 Å². The van der Waals surface area contributed by atoms with Gasteiger partial charge in [-0.15, -0.1) is 0 Å². The van der Waals surface area contributed by atoms with E-state index >= 15 is 0 Å². The number of piperidine rings is 1. The van der Waals surface area contributed by atoms with Gasteiger partial charge in [-0.1, -0.05) is 18.2 Å². The van der Waals surface area contributed by atoms with Gasteiger partial charge < -0.3 is 9.64 Å². The number of hydrogen-bond donors (Lipinski definition) is 0. The Labute approximate surface area is 131 Å². The molecule has 0 aromatic heterocycles. The number of carbonyl (C=O) groups is 1.